The Morgan fingerprint density at radius 3 is 2.00 bits per heavy atom. The van der Waals surface area contributed by atoms with Crippen LogP contribution in [-0.4, -0.2) is 52.1 Å². The van der Waals surface area contributed by atoms with Crippen LogP contribution >= 0.6 is 11.8 Å². The van der Waals surface area contributed by atoms with E-state index in [1.165, 1.54) is 7.11 Å². The van der Waals surface area contributed by atoms with Crippen molar-refractivity contribution in [3.63, 3.8) is 0 Å². The molecule has 1 aliphatic heterocycles. The lowest BCUT2D eigenvalue weighted by atomic mass is 9.78. The van der Waals surface area contributed by atoms with Gasteiger partial charge < -0.3 is 14.7 Å². The predicted octanol–water partition coefficient (Wildman–Crippen LogP) is 4.50. The number of benzene rings is 1. The van der Waals surface area contributed by atoms with E-state index in [0.717, 1.165) is 16.9 Å². The van der Waals surface area contributed by atoms with E-state index in [9.17, 15) is 14.7 Å². The number of thioether (sulfide) groups is 1. The number of esters is 1. The molecule has 162 valence electrons. The van der Waals surface area contributed by atoms with Crippen LogP contribution in [0.4, 0.5) is 0 Å². The largest absolute Gasteiger partial charge is 0.507 e. The van der Waals surface area contributed by atoms with E-state index in [4.69, 9.17) is 4.74 Å². The molecule has 1 heterocycles. The maximum absolute atomic E-state index is 13.6. The molecular formula is C23H35NO4S. The van der Waals surface area contributed by atoms with Crippen molar-refractivity contribution in [3.05, 3.63) is 28.8 Å². The summed E-state index contributed by atoms with van der Waals surface area (Å²) in [5.74, 6) is 0.384. The maximum atomic E-state index is 13.6. The Kier molecular flexibility index (Phi) is 6.39. The Bertz CT molecular complexity index is 767. The Morgan fingerprint density at radius 1 is 1.10 bits per heavy atom. The van der Waals surface area contributed by atoms with Crippen LogP contribution in [0.25, 0.3) is 0 Å². The summed E-state index contributed by atoms with van der Waals surface area (Å²) in [5, 5.41) is 10.9. The second-order valence-electron chi connectivity index (χ2n) is 10.3. The van der Waals surface area contributed by atoms with Gasteiger partial charge in [-0.1, -0.05) is 41.5 Å². The van der Waals surface area contributed by atoms with E-state index in [-0.39, 0.29) is 22.5 Å². The normalized spacial score (nSPS) is 19.8. The number of phenols is 1. The zero-order valence-corrected chi connectivity index (χ0v) is 20.0. The lowest BCUT2D eigenvalue weighted by Crippen LogP contribution is -2.59. The van der Waals surface area contributed by atoms with Crippen LogP contribution in [0.3, 0.4) is 0 Å². The third kappa shape index (κ3) is 4.73. The molecule has 1 fully saturated rings. The highest BCUT2D eigenvalue weighted by atomic mass is 32.2. The van der Waals surface area contributed by atoms with Crippen LogP contribution in [0.5, 0.6) is 5.75 Å². The number of hydrogen-bond acceptors (Lipinski definition) is 5. The number of aromatic hydroxyl groups is 1. The van der Waals surface area contributed by atoms with Crippen LogP contribution in [0.1, 0.15) is 76.9 Å². The minimum Gasteiger partial charge on any atom is -0.507 e. The molecule has 2 rings (SSSR count). The average Bonchev–Trinajstić information content (AvgIpc) is 2.57. The van der Waals surface area contributed by atoms with Crippen molar-refractivity contribution in [1.29, 1.82) is 0 Å². The van der Waals surface area contributed by atoms with Gasteiger partial charge in [0.15, 0.2) is 0 Å². The molecule has 29 heavy (non-hydrogen) atoms. The lowest BCUT2D eigenvalue weighted by Gasteiger charge is -2.44. The number of ether oxygens (including phenoxy) is 1. The van der Waals surface area contributed by atoms with Gasteiger partial charge in [-0.05, 0) is 36.8 Å². The number of hydrogen-bond donors (Lipinski definition) is 1. The van der Waals surface area contributed by atoms with Gasteiger partial charge in [-0.2, -0.15) is 11.8 Å². The standard InChI is InChI=1S/C23H35NO4S/c1-21(2,3)15-12-14(13-16(17(15)25)22(4,5)6)19(26)24-10-11-29-23(7,8)18(24)20(27)28-9/h12-13,18,25H,10-11H2,1-9H3/t18-/m0/s1. The van der Waals surface area contributed by atoms with Gasteiger partial charge in [0, 0.05) is 33.7 Å². The molecule has 1 aromatic rings. The first kappa shape index (κ1) is 23.6. The van der Waals surface area contributed by atoms with E-state index in [0.29, 0.717) is 12.1 Å². The second-order valence-corrected chi connectivity index (χ2v) is 12.0. The van der Waals surface area contributed by atoms with Gasteiger partial charge in [-0.25, -0.2) is 4.79 Å². The Hall–Kier alpha value is -1.69. The first-order chi connectivity index (χ1) is 13.1. The zero-order chi connectivity index (χ0) is 22.4. The molecule has 1 amide bonds. The smallest absolute Gasteiger partial charge is 0.330 e. The minimum atomic E-state index is -0.663. The third-order valence-electron chi connectivity index (χ3n) is 5.43. The molecule has 0 aromatic heterocycles. The van der Waals surface area contributed by atoms with Gasteiger partial charge in [0.2, 0.25) is 0 Å². The van der Waals surface area contributed by atoms with Gasteiger partial charge in [0.25, 0.3) is 5.91 Å². The summed E-state index contributed by atoms with van der Waals surface area (Å²) >= 11 is 1.67. The van der Waals surface area contributed by atoms with E-state index >= 15 is 0 Å². The molecule has 0 radical (unpaired) electrons. The number of rotatable bonds is 2. The van der Waals surface area contributed by atoms with E-state index < -0.39 is 16.8 Å². The molecule has 0 saturated carbocycles. The fourth-order valence-corrected chi connectivity index (χ4v) is 4.99. The molecule has 0 spiro atoms. The molecule has 1 saturated heterocycles. The first-order valence-corrected chi connectivity index (χ1v) is 11.0. The molecular weight excluding hydrogens is 386 g/mol. The molecule has 0 aliphatic carbocycles. The monoisotopic (exact) mass is 421 g/mol. The van der Waals surface area contributed by atoms with Crippen LogP contribution in [0.2, 0.25) is 0 Å². The number of nitrogens with zero attached hydrogens (tertiary/aromatic N) is 1. The second kappa shape index (κ2) is 7.86. The van der Waals surface area contributed by atoms with Crippen molar-refractivity contribution in [2.45, 2.75) is 77.0 Å². The third-order valence-corrected chi connectivity index (χ3v) is 6.79. The number of methoxy groups -OCH3 is 1. The Labute approximate surface area is 179 Å². The van der Waals surface area contributed by atoms with Crippen LogP contribution in [-0.2, 0) is 20.4 Å². The SMILES string of the molecule is COC(=O)[C@@H]1N(C(=O)c2cc(C(C)(C)C)c(O)c(C(C)(C)C)c2)CCSC1(C)C. The molecule has 1 aromatic carbocycles. The Balaban J connectivity index is 2.63. The van der Waals surface area contributed by atoms with Gasteiger partial charge >= 0.3 is 5.97 Å². The van der Waals surface area contributed by atoms with Gasteiger partial charge in [-0.15, -0.1) is 0 Å². The number of carbonyl (C=O) groups excluding carboxylic acids is 2. The summed E-state index contributed by atoms with van der Waals surface area (Å²) in [6.45, 7) is 16.5. The molecule has 6 heteroatoms. The van der Waals surface area contributed by atoms with Crippen LogP contribution < -0.4 is 0 Å². The van der Waals surface area contributed by atoms with Gasteiger partial charge in [-0.3, -0.25) is 4.79 Å². The van der Waals surface area contributed by atoms with Crippen molar-refractivity contribution in [1.82, 2.24) is 4.90 Å². The van der Waals surface area contributed by atoms with E-state index in [1.807, 2.05) is 55.4 Å². The molecule has 1 aliphatic rings. The number of amides is 1. The van der Waals surface area contributed by atoms with Crippen LogP contribution in [0.15, 0.2) is 12.1 Å². The van der Waals surface area contributed by atoms with Crippen molar-refractivity contribution >= 4 is 23.6 Å². The maximum Gasteiger partial charge on any atom is 0.330 e. The number of phenolic OH excluding ortho intramolecular Hbond substituents is 1. The molecule has 0 bridgehead atoms. The summed E-state index contributed by atoms with van der Waals surface area (Å²) in [6.07, 6.45) is 0. The summed E-state index contributed by atoms with van der Waals surface area (Å²) in [5.41, 5.74) is 1.29. The topological polar surface area (TPSA) is 66.8 Å². The van der Waals surface area contributed by atoms with Crippen molar-refractivity contribution in [2.75, 3.05) is 19.4 Å². The van der Waals surface area contributed by atoms with E-state index in [2.05, 4.69) is 0 Å². The Morgan fingerprint density at radius 2 is 1.59 bits per heavy atom. The van der Waals surface area contributed by atoms with Crippen molar-refractivity contribution in [3.8, 4) is 5.75 Å². The van der Waals surface area contributed by atoms with Crippen molar-refractivity contribution < 1.29 is 19.4 Å². The number of carbonyl (C=O) groups is 2. The van der Waals surface area contributed by atoms with Crippen molar-refractivity contribution in [2.24, 2.45) is 0 Å². The highest BCUT2D eigenvalue weighted by Crippen LogP contribution is 2.41. The quantitative estimate of drug-likeness (QED) is 0.713. The fraction of sp³-hybridized carbons (Fsp3) is 0.652. The highest BCUT2D eigenvalue weighted by molar-refractivity contribution is 8.00. The average molecular weight is 422 g/mol. The molecule has 1 N–H and O–H groups in total. The zero-order valence-electron chi connectivity index (χ0n) is 19.2. The van der Waals surface area contributed by atoms with Gasteiger partial charge in [0.1, 0.15) is 11.8 Å². The molecule has 1 atom stereocenters. The summed E-state index contributed by atoms with van der Waals surface area (Å²) in [6, 6.07) is 2.88. The highest BCUT2D eigenvalue weighted by Gasteiger charge is 2.46. The van der Waals surface area contributed by atoms with Gasteiger partial charge in [0.05, 0.1) is 7.11 Å². The minimum absolute atomic E-state index is 0.204. The molecule has 5 nitrogen and oxygen atoms in total. The first-order valence-electron chi connectivity index (χ1n) is 10.0. The van der Waals surface area contributed by atoms with E-state index in [1.54, 1.807) is 28.8 Å². The summed E-state index contributed by atoms with van der Waals surface area (Å²) in [4.78, 5) is 27.8. The summed E-state index contributed by atoms with van der Waals surface area (Å²) < 4.78 is 4.58. The van der Waals surface area contributed by atoms with Crippen LogP contribution in [0, 0.1) is 0 Å². The lowest BCUT2D eigenvalue weighted by molar-refractivity contribution is -0.147. The summed E-state index contributed by atoms with van der Waals surface area (Å²) in [7, 11) is 1.36. The fourth-order valence-electron chi connectivity index (χ4n) is 3.80. The molecule has 0 unspecified atom stereocenters. The predicted molar refractivity (Wildman–Crippen MR) is 119 cm³/mol.